The molecule has 0 spiro atoms. The number of carboxylic acids is 1. The van der Waals surface area contributed by atoms with E-state index in [0.29, 0.717) is 11.8 Å². The third-order valence-corrected chi connectivity index (χ3v) is 5.27. The van der Waals surface area contributed by atoms with Crippen molar-refractivity contribution in [2.24, 2.45) is 13.0 Å². The van der Waals surface area contributed by atoms with Crippen LogP contribution in [-0.4, -0.2) is 31.1 Å². The zero-order valence-corrected chi connectivity index (χ0v) is 15.9. The van der Waals surface area contributed by atoms with Crippen LogP contribution in [0.1, 0.15) is 80.9 Å². The molecule has 0 amide bonds. The normalized spacial score (nSPS) is 20.7. The number of rotatable bonds is 5. The molecule has 3 rings (SSSR count). The molecular formula is C19H28N4O2. The van der Waals surface area contributed by atoms with Crippen LogP contribution in [0.5, 0.6) is 0 Å². The van der Waals surface area contributed by atoms with E-state index in [1.807, 2.05) is 11.7 Å². The molecule has 6 nitrogen and oxygen atoms in total. The molecule has 0 radical (unpaired) electrons. The van der Waals surface area contributed by atoms with E-state index < -0.39 is 5.97 Å². The fourth-order valence-corrected chi connectivity index (χ4v) is 3.75. The van der Waals surface area contributed by atoms with E-state index in [1.54, 1.807) is 6.07 Å². The van der Waals surface area contributed by atoms with Crippen molar-refractivity contribution < 1.29 is 9.90 Å². The molecule has 6 heteroatoms. The quantitative estimate of drug-likeness (QED) is 0.868. The summed E-state index contributed by atoms with van der Waals surface area (Å²) in [5, 5.41) is 20.6. The van der Waals surface area contributed by atoms with Crippen molar-refractivity contribution in [1.29, 1.82) is 0 Å². The molecule has 136 valence electrons. The average Bonchev–Trinajstić information content (AvgIpc) is 2.89. The molecule has 2 aromatic heterocycles. The Morgan fingerprint density at radius 3 is 2.52 bits per heavy atom. The van der Waals surface area contributed by atoms with Gasteiger partial charge in [-0.15, -0.1) is 0 Å². The number of carboxylic acid groups (broad SMARTS) is 1. The first-order chi connectivity index (χ1) is 11.5. The first kappa shape index (κ1) is 17.7. The summed E-state index contributed by atoms with van der Waals surface area (Å²) in [5.74, 6) is 0.0866. The lowest BCUT2D eigenvalue weighted by Crippen LogP contribution is -2.19. The molecule has 2 N–H and O–H groups in total. The van der Waals surface area contributed by atoms with Crippen LogP contribution >= 0.6 is 0 Å². The summed E-state index contributed by atoms with van der Waals surface area (Å²) in [6, 6.07) is 3.90. The summed E-state index contributed by atoms with van der Waals surface area (Å²) in [5.41, 5.74) is 3.35. The van der Waals surface area contributed by atoms with Crippen LogP contribution in [0.3, 0.4) is 0 Å². The number of nitrogens with one attached hydrogen (secondary N) is 1. The van der Waals surface area contributed by atoms with Crippen molar-refractivity contribution >= 4 is 5.97 Å². The number of nitrogens with zero attached hydrogens (tertiary/aromatic N) is 3. The van der Waals surface area contributed by atoms with Crippen molar-refractivity contribution in [3.8, 4) is 0 Å². The first-order valence-corrected chi connectivity index (χ1v) is 8.82. The number of aromatic carboxylic acids is 1. The highest BCUT2D eigenvalue weighted by Crippen LogP contribution is 2.53. The molecule has 2 aromatic rings. The molecule has 0 aliphatic heterocycles. The van der Waals surface area contributed by atoms with Gasteiger partial charge >= 0.3 is 5.97 Å². The monoisotopic (exact) mass is 344 g/mol. The van der Waals surface area contributed by atoms with Gasteiger partial charge in [-0.3, -0.25) is 9.78 Å². The molecule has 25 heavy (non-hydrogen) atoms. The van der Waals surface area contributed by atoms with Gasteiger partial charge in [-0.1, -0.05) is 34.6 Å². The molecule has 2 unspecified atom stereocenters. The Bertz CT molecular complexity index is 795. The summed E-state index contributed by atoms with van der Waals surface area (Å²) >= 11 is 0. The standard InChI is InChI=1S/C19H28N4O2/c1-18(2,3)16-9-13(22-23(16)6)12-7-11(12)10-19(4,5)15-8-14(17(24)25)20-21-15/h8-9,11-12H,7,10H2,1-6H3,(H,20,21)(H,24,25). The van der Waals surface area contributed by atoms with Gasteiger partial charge in [0.2, 0.25) is 0 Å². The molecule has 1 fully saturated rings. The lowest BCUT2D eigenvalue weighted by molar-refractivity contribution is 0.0690. The SMILES string of the molecule is Cn1nc(C2CC2CC(C)(C)c2cc(C(=O)O)n[nH]2)cc1C(C)(C)C. The molecular weight excluding hydrogens is 316 g/mol. The number of aromatic amines is 1. The Labute approximate surface area is 148 Å². The number of aromatic nitrogens is 4. The van der Waals surface area contributed by atoms with E-state index in [9.17, 15) is 4.79 Å². The number of H-pyrrole nitrogens is 1. The van der Waals surface area contributed by atoms with E-state index in [4.69, 9.17) is 10.2 Å². The Hall–Kier alpha value is -2.11. The topological polar surface area (TPSA) is 83.8 Å². The number of aryl methyl sites for hydroxylation is 1. The summed E-state index contributed by atoms with van der Waals surface area (Å²) < 4.78 is 2.00. The van der Waals surface area contributed by atoms with Crippen LogP contribution in [0, 0.1) is 5.92 Å². The predicted octanol–water partition coefficient (Wildman–Crippen LogP) is 3.61. The van der Waals surface area contributed by atoms with Gasteiger partial charge in [-0.2, -0.15) is 10.2 Å². The summed E-state index contributed by atoms with van der Waals surface area (Å²) in [4.78, 5) is 11.0. The highest BCUT2D eigenvalue weighted by atomic mass is 16.4. The fourth-order valence-electron chi connectivity index (χ4n) is 3.75. The molecule has 0 bridgehead atoms. The van der Waals surface area contributed by atoms with Crippen LogP contribution < -0.4 is 0 Å². The number of hydrogen-bond acceptors (Lipinski definition) is 3. The number of hydrogen-bond donors (Lipinski definition) is 2. The van der Waals surface area contributed by atoms with E-state index in [-0.39, 0.29) is 16.5 Å². The predicted molar refractivity (Wildman–Crippen MR) is 95.9 cm³/mol. The molecule has 1 saturated carbocycles. The smallest absolute Gasteiger partial charge is 0.356 e. The molecule has 0 saturated heterocycles. The summed E-state index contributed by atoms with van der Waals surface area (Å²) in [7, 11) is 2.02. The Morgan fingerprint density at radius 1 is 1.32 bits per heavy atom. The minimum Gasteiger partial charge on any atom is -0.476 e. The van der Waals surface area contributed by atoms with Crippen molar-refractivity contribution in [2.75, 3.05) is 0 Å². The highest BCUT2D eigenvalue weighted by Gasteiger charge is 2.44. The van der Waals surface area contributed by atoms with Gasteiger partial charge in [0.05, 0.1) is 5.69 Å². The second-order valence-corrected chi connectivity index (χ2v) is 8.99. The zero-order valence-electron chi connectivity index (χ0n) is 15.9. The van der Waals surface area contributed by atoms with Gasteiger partial charge in [0.15, 0.2) is 5.69 Å². The van der Waals surface area contributed by atoms with Crippen molar-refractivity contribution in [3.63, 3.8) is 0 Å². The van der Waals surface area contributed by atoms with Crippen LogP contribution in [0.15, 0.2) is 12.1 Å². The Balaban J connectivity index is 1.70. The molecule has 2 atom stereocenters. The van der Waals surface area contributed by atoms with Crippen molar-refractivity contribution in [1.82, 2.24) is 20.0 Å². The van der Waals surface area contributed by atoms with E-state index in [2.05, 4.69) is 50.9 Å². The first-order valence-electron chi connectivity index (χ1n) is 8.82. The highest BCUT2D eigenvalue weighted by molar-refractivity contribution is 5.85. The van der Waals surface area contributed by atoms with Gasteiger partial charge < -0.3 is 5.11 Å². The largest absolute Gasteiger partial charge is 0.476 e. The van der Waals surface area contributed by atoms with Crippen molar-refractivity contribution in [2.45, 2.75) is 64.2 Å². The molecule has 1 aliphatic rings. The van der Waals surface area contributed by atoms with Crippen LogP contribution in [0.25, 0.3) is 0 Å². The van der Waals surface area contributed by atoms with E-state index in [0.717, 1.165) is 18.5 Å². The minimum absolute atomic E-state index is 0.0787. The van der Waals surface area contributed by atoms with Gasteiger partial charge in [-0.05, 0) is 30.9 Å². The maximum atomic E-state index is 11.0. The van der Waals surface area contributed by atoms with E-state index in [1.165, 1.54) is 11.4 Å². The third-order valence-electron chi connectivity index (χ3n) is 5.27. The maximum Gasteiger partial charge on any atom is 0.356 e. The second-order valence-electron chi connectivity index (χ2n) is 8.99. The summed E-state index contributed by atoms with van der Waals surface area (Å²) in [6.07, 6.45) is 2.13. The average molecular weight is 344 g/mol. The molecule has 1 aliphatic carbocycles. The lowest BCUT2D eigenvalue weighted by atomic mass is 9.83. The zero-order chi connectivity index (χ0) is 18.6. The van der Waals surface area contributed by atoms with Crippen molar-refractivity contribution in [3.05, 3.63) is 34.9 Å². The van der Waals surface area contributed by atoms with E-state index >= 15 is 0 Å². The maximum absolute atomic E-state index is 11.0. The Morgan fingerprint density at radius 2 is 2.00 bits per heavy atom. The lowest BCUT2D eigenvalue weighted by Gasteiger charge is -2.22. The summed E-state index contributed by atoms with van der Waals surface area (Å²) in [6.45, 7) is 10.9. The minimum atomic E-state index is -0.995. The Kier molecular flexibility index (Phi) is 4.05. The van der Waals surface area contributed by atoms with Crippen LogP contribution in [-0.2, 0) is 17.9 Å². The van der Waals surface area contributed by atoms with Gasteiger partial charge in [0, 0.05) is 35.2 Å². The van der Waals surface area contributed by atoms with Gasteiger partial charge in [0.25, 0.3) is 0 Å². The van der Waals surface area contributed by atoms with Gasteiger partial charge in [-0.25, -0.2) is 4.79 Å². The molecule has 0 aromatic carbocycles. The van der Waals surface area contributed by atoms with Crippen LogP contribution in [0.2, 0.25) is 0 Å². The molecule has 2 heterocycles. The fraction of sp³-hybridized carbons (Fsp3) is 0.632. The second kappa shape index (κ2) is 5.71. The van der Waals surface area contributed by atoms with Crippen LogP contribution in [0.4, 0.5) is 0 Å². The number of carbonyl (C=O) groups is 1. The van der Waals surface area contributed by atoms with Gasteiger partial charge in [0.1, 0.15) is 0 Å². The third kappa shape index (κ3) is 3.48.